The minimum atomic E-state index is -0.160. The lowest BCUT2D eigenvalue weighted by Gasteiger charge is -2.05. The van der Waals surface area contributed by atoms with Gasteiger partial charge in [-0.25, -0.2) is 15.0 Å². The molecule has 0 amide bonds. The molecular formula is C14H15N5O2. The van der Waals surface area contributed by atoms with Gasteiger partial charge in [0.15, 0.2) is 11.2 Å². The summed E-state index contributed by atoms with van der Waals surface area (Å²) in [6.45, 7) is 4.39. The minimum absolute atomic E-state index is 0.160. The highest BCUT2D eigenvalue weighted by molar-refractivity contribution is 5.66. The van der Waals surface area contributed by atoms with Crippen molar-refractivity contribution in [3.05, 3.63) is 46.1 Å². The van der Waals surface area contributed by atoms with Gasteiger partial charge in [-0.2, -0.15) is 0 Å². The number of rotatable bonds is 4. The Morgan fingerprint density at radius 2 is 2.00 bits per heavy atom. The Bertz CT molecular complexity index is 817. The smallest absolute Gasteiger partial charge is 0.281 e. The second-order valence-electron chi connectivity index (χ2n) is 4.88. The molecule has 0 unspecified atom stereocenters. The van der Waals surface area contributed by atoms with Gasteiger partial charge in [0, 0.05) is 24.5 Å². The summed E-state index contributed by atoms with van der Waals surface area (Å²) >= 11 is 0. The third kappa shape index (κ3) is 2.54. The summed E-state index contributed by atoms with van der Waals surface area (Å²) in [6.07, 6.45) is 6.16. The van der Waals surface area contributed by atoms with Crippen LogP contribution in [0.1, 0.15) is 23.4 Å². The quantitative estimate of drug-likeness (QED) is 0.720. The highest BCUT2D eigenvalue weighted by Crippen LogP contribution is 2.14. The Kier molecular flexibility index (Phi) is 3.47. The first kappa shape index (κ1) is 13.4. The van der Waals surface area contributed by atoms with E-state index in [2.05, 4.69) is 20.1 Å². The van der Waals surface area contributed by atoms with Gasteiger partial charge in [-0.15, -0.1) is 0 Å². The summed E-state index contributed by atoms with van der Waals surface area (Å²) < 4.78 is 6.69. The van der Waals surface area contributed by atoms with Crippen molar-refractivity contribution >= 4 is 11.2 Å². The van der Waals surface area contributed by atoms with E-state index in [9.17, 15) is 4.79 Å². The number of fused-ring (bicyclic) bond motifs is 1. The molecule has 0 aliphatic rings. The molecule has 7 nitrogen and oxygen atoms in total. The zero-order valence-corrected chi connectivity index (χ0v) is 11.9. The number of nitrogens with zero attached hydrogens (tertiary/aromatic N) is 5. The Morgan fingerprint density at radius 1 is 1.19 bits per heavy atom. The first-order valence-corrected chi connectivity index (χ1v) is 6.74. The summed E-state index contributed by atoms with van der Waals surface area (Å²) in [7, 11) is 0. The van der Waals surface area contributed by atoms with Gasteiger partial charge in [0.1, 0.15) is 12.1 Å². The van der Waals surface area contributed by atoms with Crippen molar-refractivity contribution in [2.24, 2.45) is 0 Å². The molecule has 0 saturated heterocycles. The fourth-order valence-corrected chi connectivity index (χ4v) is 2.33. The lowest BCUT2D eigenvalue weighted by Crippen LogP contribution is -2.22. The van der Waals surface area contributed by atoms with E-state index in [1.165, 1.54) is 18.7 Å². The average molecular weight is 285 g/mol. The van der Waals surface area contributed by atoms with Crippen LogP contribution in [0.4, 0.5) is 0 Å². The van der Waals surface area contributed by atoms with E-state index >= 15 is 0 Å². The maximum Gasteiger partial charge on any atom is 0.281 e. The maximum atomic E-state index is 12.2. The van der Waals surface area contributed by atoms with Crippen LogP contribution in [0.25, 0.3) is 11.2 Å². The van der Waals surface area contributed by atoms with Crippen LogP contribution in [0.3, 0.4) is 0 Å². The van der Waals surface area contributed by atoms with Crippen LogP contribution in [0, 0.1) is 13.8 Å². The lowest BCUT2D eigenvalue weighted by atomic mass is 10.1. The Morgan fingerprint density at radius 3 is 2.76 bits per heavy atom. The Balaban J connectivity index is 1.77. The first-order chi connectivity index (χ1) is 10.2. The molecule has 0 radical (unpaired) electrons. The number of aryl methyl sites for hydroxylation is 3. The summed E-state index contributed by atoms with van der Waals surface area (Å²) in [5.41, 5.74) is 2.53. The first-order valence-electron chi connectivity index (χ1n) is 6.74. The molecule has 7 heteroatoms. The van der Waals surface area contributed by atoms with Crippen molar-refractivity contribution in [1.82, 2.24) is 24.7 Å². The van der Waals surface area contributed by atoms with Gasteiger partial charge >= 0.3 is 0 Å². The lowest BCUT2D eigenvalue weighted by molar-refractivity contribution is 0.392. The Labute approximate surface area is 120 Å². The molecule has 3 heterocycles. The molecule has 21 heavy (non-hydrogen) atoms. The molecule has 0 fully saturated rings. The molecule has 3 rings (SSSR count). The van der Waals surface area contributed by atoms with Crippen molar-refractivity contribution in [2.75, 3.05) is 0 Å². The fourth-order valence-electron chi connectivity index (χ4n) is 2.33. The number of hydrogen-bond donors (Lipinski definition) is 0. The van der Waals surface area contributed by atoms with Gasteiger partial charge in [0.25, 0.3) is 5.56 Å². The molecule has 3 aromatic rings. The summed E-state index contributed by atoms with van der Waals surface area (Å²) in [4.78, 5) is 24.5. The zero-order valence-electron chi connectivity index (χ0n) is 11.9. The van der Waals surface area contributed by atoms with E-state index in [0.29, 0.717) is 17.7 Å². The minimum Gasteiger partial charge on any atom is -0.361 e. The van der Waals surface area contributed by atoms with Crippen molar-refractivity contribution in [1.29, 1.82) is 0 Å². The Hall–Kier alpha value is -2.57. The third-order valence-electron chi connectivity index (χ3n) is 3.47. The number of hydrogen-bond acceptors (Lipinski definition) is 6. The molecule has 0 spiro atoms. The number of aromatic nitrogens is 5. The molecule has 0 N–H and O–H groups in total. The van der Waals surface area contributed by atoms with E-state index in [-0.39, 0.29) is 5.56 Å². The van der Waals surface area contributed by atoms with Gasteiger partial charge in [-0.1, -0.05) is 5.16 Å². The molecular weight excluding hydrogens is 270 g/mol. The second-order valence-corrected chi connectivity index (χ2v) is 4.88. The van der Waals surface area contributed by atoms with Gasteiger partial charge in [0.2, 0.25) is 0 Å². The third-order valence-corrected chi connectivity index (χ3v) is 3.47. The van der Waals surface area contributed by atoms with Crippen molar-refractivity contribution < 1.29 is 4.52 Å². The second kappa shape index (κ2) is 5.43. The highest BCUT2D eigenvalue weighted by atomic mass is 16.5. The maximum absolute atomic E-state index is 12.2. The summed E-state index contributed by atoms with van der Waals surface area (Å²) in [6, 6.07) is 0. The normalized spacial score (nSPS) is 11.1. The van der Waals surface area contributed by atoms with Crippen molar-refractivity contribution in [2.45, 2.75) is 33.2 Å². The van der Waals surface area contributed by atoms with Crippen LogP contribution in [-0.4, -0.2) is 24.7 Å². The van der Waals surface area contributed by atoms with Crippen molar-refractivity contribution in [3.8, 4) is 0 Å². The topological polar surface area (TPSA) is 86.7 Å². The largest absolute Gasteiger partial charge is 0.361 e. The van der Waals surface area contributed by atoms with E-state index in [0.717, 1.165) is 29.9 Å². The van der Waals surface area contributed by atoms with E-state index in [4.69, 9.17) is 4.52 Å². The molecule has 0 atom stereocenters. The van der Waals surface area contributed by atoms with E-state index < -0.39 is 0 Å². The molecule has 0 aliphatic heterocycles. The van der Waals surface area contributed by atoms with Crippen LogP contribution in [0.5, 0.6) is 0 Å². The predicted octanol–water partition coefficient (Wildman–Crippen LogP) is 1.42. The molecule has 3 aromatic heterocycles. The molecule has 0 aliphatic carbocycles. The summed E-state index contributed by atoms with van der Waals surface area (Å²) in [5.74, 6) is 0.836. The average Bonchev–Trinajstić information content (AvgIpc) is 2.81. The van der Waals surface area contributed by atoms with E-state index in [1.54, 1.807) is 4.57 Å². The zero-order chi connectivity index (χ0) is 14.8. The fraction of sp³-hybridized carbons (Fsp3) is 0.357. The predicted molar refractivity (Wildman–Crippen MR) is 75.9 cm³/mol. The van der Waals surface area contributed by atoms with Crippen LogP contribution in [0.2, 0.25) is 0 Å². The van der Waals surface area contributed by atoms with Gasteiger partial charge < -0.3 is 4.52 Å². The highest BCUT2D eigenvalue weighted by Gasteiger charge is 2.09. The van der Waals surface area contributed by atoms with Crippen LogP contribution in [0.15, 0.2) is 28.0 Å². The molecule has 0 aromatic carbocycles. The van der Waals surface area contributed by atoms with Crippen LogP contribution >= 0.6 is 0 Å². The van der Waals surface area contributed by atoms with E-state index in [1.807, 2.05) is 13.8 Å². The monoisotopic (exact) mass is 285 g/mol. The van der Waals surface area contributed by atoms with Gasteiger partial charge in [-0.05, 0) is 26.7 Å². The summed E-state index contributed by atoms with van der Waals surface area (Å²) in [5, 5.41) is 3.93. The molecule has 0 saturated carbocycles. The van der Waals surface area contributed by atoms with Crippen LogP contribution in [-0.2, 0) is 13.0 Å². The molecule has 0 bridgehead atoms. The van der Waals surface area contributed by atoms with Crippen LogP contribution < -0.4 is 5.56 Å². The van der Waals surface area contributed by atoms with Crippen molar-refractivity contribution in [3.63, 3.8) is 0 Å². The standard InChI is InChI=1S/C14H15N5O2/c1-9-11(10(2)21-18-9)4-3-7-19-8-17-13-12(14(19)20)15-5-6-16-13/h5-6,8H,3-4,7H2,1-2H3. The molecule has 108 valence electrons. The van der Waals surface area contributed by atoms with Gasteiger partial charge in [0.05, 0.1) is 5.69 Å². The SMILES string of the molecule is Cc1noc(C)c1CCCn1cnc2nccnc2c1=O. The van der Waals surface area contributed by atoms with Gasteiger partial charge in [-0.3, -0.25) is 9.36 Å².